The van der Waals surface area contributed by atoms with E-state index in [-0.39, 0.29) is 6.61 Å². The molecule has 0 aromatic heterocycles. The molecule has 5 atom stereocenters. The number of esters is 2. The van der Waals surface area contributed by atoms with Gasteiger partial charge < -0.3 is 47.4 Å². The van der Waals surface area contributed by atoms with Gasteiger partial charge in [-0.2, -0.15) is 0 Å². The molecule has 4 rings (SSSR count). The molecule has 1 fully saturated rings. The molecule has 1 aliphatic heterocycles. The zero-order valence-corrected chi connectivity index (χ0v) is 27.9. The van der Waals surface area contributed by atoms with E-state index in [1.807, 2.05) is 30.3 Å². The molecule has 1 heterocycles. The van der Waals surface area contributed by atoms with Crippen LogP contribution in [0.25, 0.3) is 0 Å². The third kappa shape index (κ3) is 8.01. The Morgan fingerprint density at radius 2 is 1.26 bits per heavy atom. The third-order valence-electron chi connectivity index (χ3n) is 7.86. The van der Waals surface area contributed by atoms with Crippen LogP contribution >= 0.6 is 0 Å². The van der Waals surface area contributed by atoms with Crippen LogP contribution in [0, 0.1) is 11.8 Å². The summed E-state index contributed by atoms with van der Waals surface area (Å²) in [5.41, 5.74) is 2.10. The standard InChI is InChI=1S/C35H42O12/c1-20(36)45-32(24-16-28(40-5)34(43-8)29(17-24)41-6)30-25(19-44-18-22-12-10-9-11-13-22)31(47-35(30)46-21(2)37)23-14-26(38-3)33(42-7)27(15-23)39-4/h9-17,25,30-32,35H,18-19H2,1-8H3/t25-,30+,31-,32?,35?/m1/s1. The summed E-state index contributed by atoms with van der Waals surface area (Å²) in [6.45, 7) is 3.01. The van der Waals surface area contributed by atoms with E-state index < -0.39 is 42.3 Å². The van der Waals surface area contributed by atoms with Crippen LogP contribution in [-0.4, -0.2) is 67.5 Å². The van der Waals surface area contributed by atoms with Crippen LogP contribution in [0.15, 0.2) is 54.6 Å². The zero-order chi connectivity index (χ0) is 34.1. The van der Waals surface area contributed by atoms with Crippen LogP contribution in [0.3, 0.4) is 0 Å². The molecule has 0 bridgehead atoms. The quantitative estimate of drug-likeness (QED) is 0.193. The fourth-order valence-electron chi connectivity index (χ4n) is 5.87. The van der Waals surface area contributed by atoms with E-state index >= 15 is 0 Å². The molecular formula is C35H42O12. The number of carbonyl (C=O) groups is 2. The van der Waals surface area contributed by atoms with Gasteiger partial charge in [0.05, 0.1) is 67.9 Å². The van der Waals surface area contributed by atoms with Crippen LogP contribution in [0.4, 0.5) is 0 Å². The molecule has 12 heteroatoms. The van der Waals surface area contributed by atoms with Gasteiger partial charge >= 0.3 is 11.9 Å². The molecule has 1 saturated heterocycles. The molecule has 47 heavy (non-hydrogen) atoms. The Kier molecular flexibility index (Phi) is 12.2. The Bertz CT molecular complexity index is 1460. The summed E-state index contributed by atoms with van der Waals surface area (Å²) in [4.78, 5) is 25.2. The van der Waals surface area contributed by atoms with Crippen molar-refractivity contribution in [2.45, 2.75) is 39.0 Å². The van der Waals surface area contributed by atoms with E-state index in [4.69, 9.17) is 47.4 Å². The maximum atomic E-state index is 12.7. The number of ether oxygens (including phenoxy) is 10. The van der Waals surface area contributed by atoms with Gasteiger partial charge in [-0.05, 0) is 35.4 Å². The van der Waals surface area contributed by atoms with E-state index in [1.54, 1.807) is 24.3 Å². The first kappa shape index (κ1) is 35.2. The Hall–Kier alpha value is -4.68. The molecule has 3 aromatic rings. The number of hydrogen-bond acceptors (Lipinski definition) is 12. The lowest BCUT2D eigenvalue weighted by molar-refractivity contribution is -0.189. The number of methoxy groups -OCH3 is 6. The van der Waals surface area contributed by atoms with Crippen molar-refractivity contribution in [3.63, 3.8) is 0 Å². The molecule has 0 amide bonds. The van der Waals surface area contributed by atoms with Gasteiger partial charge in [-0.25, -0.2) is 0 Å². The predicted molar refractivity (Wildman–Crippen MR) is 169 cm³/mol. The van der Waals surface area contributed by atoms with Gasteiger partial charge in [0.2, 0.25) is 17.8 Å². The second-order valence-electron chi connectivity index (χ2n) is 10.7. The topological polar surface area (TPSA) is 126 Å². The molecule has 12 nitrogen and oxygen atoms in total. The fraction of sp³-hybridized carbons (Fsp3) is 0.429. The first-order chi connectivity index (χ1) is 22.7. The monoisotopic (exact) mass is 654 g/mol. The molecule has 1 aliphatic rings. The van der Waals surface area contributed by atoms with Crippen molar-refractivity contribution in [2.75, 3.05) is 49.3 Å². The Balaban J connectivity index is 1.90. The smallest absolute Gasteiger partial charge is 0.304 e. The summed E-state index contributed by atoms with van der Waals surface area (Å²) >= 11 is 0. The van der Waals surface area contributed by atoms with Crippen molar-refractivity contribution < 1.29 is 57.0 Å². The number of carbonyl (C=O) groups excluding carboxylic acids is 2. The highest BCUT2D eigenvalue weighted by atomic mass is 16.7. The summed E-state index contributed by atoms with van der Waals surface area (Å²) in [6.07, 6.45) is -2.91. The van der Waals surface area contributed by atoms with Gasteiger partial charge in [0.25, 0.3) is 0 Å². The Labute approximate surface area is 274 Å². The highest BCUT2D eigenvalue weighted by molar-refractivity contribution is 5.67. The van der Waals surface area contributed by atoms with Crippen LogP contribution in [-0.2, 0) is 35.1 Å². The SMILES string of the molecule is COc1cc(C(OC(C)=O)[C@H]2C(OC(C)=O)O[C@H](c3cc(OC)c(OC)c(OC)c3)[C@@H]2COCc2ccccc2)cc(OC)c1OC. The van der Waals surface area contributed by atoms with E-state index in [9.17, 15) is 9.59 Å². The Morgan fingerprint density at radius 1 is 0.723 bits per heavy atom. The fourth-order valence-corrected chi connectivity index (χ4v) is 5.87. The molecular weight excluding hydrogens is 612 g/mol. The van der Waals surface area contributed by atoms with Gasteiger partial charge in [-0.3, -0.25) is 9.59 Å². The van der Waals surface area contributed by atoms with E-state index in [1.165, 1.54) is 56.5 Å². The number of hydrogen-bond donors (Lipinski definition) is 0. The second kappa shape index (κ2) is 16.2. The first-order valence-corrected chi connectivity index (χ1v) is 14.9. The molecule has 3 aromatic carbocycles. The third-order valence-corrected chi connectivity index (χ3v) is 7.86. The predicted octanol–water partition coefficient (Wildman–Crippen LogP) is 5.45. The largest absolute Gasteiger partial charge is 0.493 e. The van der Waals surface area contributed by atoms with Gasteiger partial charge in [0.1, 0.15) is 6.10 Å². The van der Waals surface area contributed by atoms with Gasteiger partial charge in [0, 0.05) is 25.3 Å². The zero-order valence-electron chi connectivity index (χ0n) is 27.9. The van der Waals surface area contributed by atoms with Crippen LogP contribution in [0.2, 0.25) is 0 Å². The summed E-state index contributed by atoms with van der Waals surface area (Å²) in [5, 5.41) is 0. The van der Waals surface area contributed by atoms with Crippen molar-refractivity contribution in [3.8, 4) is 34.5 Å². The highest BCUT2D eigenvalue weighted by Gasteiger charge is 2.53. The number of rotatable bonds is 15. The molecule has 254 valence electrons. The van der Waals surface area contributed by atoms with Crippen molar-refractivity contribution in [3.05, 3.63) is 71.3 Å². The van der Waals surface area contributed by atoms with E-state index in [0.29, 0.717) is 52.2 Å². The van der Waals surface area contributed by atoms with Crippen LogP contribution < -0.4 is 28.4 Å². The van der Waals surface area contributed by atoms with Crippen molar-refractivity contribution in [1.82, 2.24) is 0 Å². The Morgan fingerprint density at radius 3 is 1.72 bits per heavy atom. The van der Waals surface area contributed by atoms with Crippen LogP contribution in [0.1, 0.15) is 42.7 Å². The molecule has 0 saturated carbocycles. The van der Waals surface area contributed by atoms with E-state index in [0.717, 1.165) is 5.56 Å². The minimum atomic E-state index is -1.16. The average molecular weight is 655 g/mol. The summed E-state index contributed by atoms with van der Waals surface area (Å²) in [6, 6.07) is 16.6. The average Bonchev–Trinajstić information content (AvgIpc) is 3.42. The van der Waals surface area contributed by atoms with Crippen molar-refractivity contribution in [1.29, 1.82) is 0 Å². The minimum Gasteiger partial charge on any atom is -0.493 e. The van der Waals surface area contributed by atoms with Gasteiger partial charge in [0.15, 0.2) is 23.0 Å². The molecule has 0 radical (unpaired) electrons. The minimum absolute atomic E-state index is 0.126. The first-order valence-electron chi connectivity index (χ1n) is 14.9. The lowest BCUT2D eigenvalue weighted by Gasteiger charge is -2.31. The summed E-state index contributed by atoms with van der Waals surface area (Å²) < 4.78 is 58.2. The van der Waals surface area contributed by atoms with E-state index in [2.05, 4.69) is 0 Å². The van der Waals surface area contributed by atoms with Gasteiger partial charge in [-0.1, -0.05) is 30.3 Å². The maximum Gasteiger partial charge on any atom is 0.304 e. The van der Waals surface area contributed by atoms with Crippen LogP contribution in [0.5, 0.6) is 34.5 Å². The van der Waals surface area contributed by atoms with Gasteiger partial charge in [-0.15, -0.1) is 0 Å². The second-order valence-corrected chi connectivity index (χ2v) is 10.7. The normalized spacial score (nSPS) is 19.3. The molecule has 0 spiro atoms. The maximum absolute atomic E-state index is 12.7. The lowest BCUT2D eigenvalue weighted by Crippen LogP contribution is -2.34. The number of benzene rings is 3. The van der Waals surface area contributed by atoms with Crippen molar-refractivity contribution in [2.24, 2.45) is 11.8 Å². The molecule has 0 N–H and O–H groups in total. The summed E-state index contributed by atoms with van der Waals surface area (Å²) in [7, 11) is 9.02. The molecule has 2 unspecified atom stereocenters. The highest BCUT2D eigenvalue weighted by Crippen LogP contribution is 2.53. The van der Waals surface area contributed by atoms with Crippen molar-refractivity contribution >= 4 is 11.9 Å². The summed E-state index contributed by atoms with van der Waals surface area (Å²) in [5.74, 6) is -0.202. The lowest BCUT2D eigenvalue weighted by atomic mass is 9.81. The molecule has 0 aliphatic carbocycles.